The molecule has 106 valence electrons. The molecule has 1 aromatic carbocycles. The maximum absolute atomic E-state index is 11.7. The number of esters is 1. The zero-order valence-electron chi connectivity index (χ0n) is 11.2. The largest absolute Gasteiger partial charge is 0.486 e. The Hall–Kier alpha value is -1.59. The molecule has 0 amide bonds. The number of ether oxygens (including phenoxy) is 2. The first-order valence-corrected chi connectivity index (χ1v) is 7.31. The molecule has 1 aromatic heterocycles. The van der Waals surface area contributed by atoms with Gasteiger partial charge in [-0.1, -0.05) is 11.6 Å². The first-order valence-electron chi connectivity index (χ1n) is 6.12. The van der Waals surface area contributed by atoms with Gasteiger partial charge in [0, 0.05) is 5.02 Å². The van der Waals surface area contributed by atoms with Gasteiger partial charge in [-0.25, -0.2) is 9.78 Å². The van der Waals surface area contributed by atoms with Crippen LogP contribution in [0.1, 0.15) is 27.3 Å². The lowest BCUT2D eigenvalue weighted by Gasteiger charge is -2.03. The highest BCUT2D eigenvalue weighted by Crippen LogP contribution is 2.22. The highest BCUT2D eigenvalue weighted by atomic mass is 35.5. The van der Waals surface area contributed by atoms with Crippen LogP contribution in [0.2, 0.25) is 5.02 Å². The lowest BCUT2D eigenvalue weighted by molar-refractivity contribution is 0.0531. The maximum atomic E-state index is 11.7. The summed E-state index contributed by atoms with van der Waals surface area (Å²) in [5, 5.41) is 1.40. The van der Waals surface area contributed by atoms with Crippen molar-refractivity contribution in [2.24, 2.45) is 0 Å². The van der Waals surface area contributed by atoms with E-state index >= 15 is 0 Å². The monoisotopic (exact) mass is 311 g/mol. The summed E-state index contributed by atoms with van der Waals surface area (Å²) in [7, 11) is 0. The van der Waals surface area contributed by atoms with Gasteiger partial charge in [0.25, 0.3) is 0 Å². The van der Waals surface area contributed by atoms with E-state index in [9.17, 15) is 4.79 Å². The minimum absolute atomic E-state index is 0.312. The number of aryl methyl sites for hydroxylation is 1. The number of carbonyl (C=O) groups excluding carboxylic acids is 1. The number of thiazole rings is 1. The third-order valence-corrected chi connectivity index (χ3v) is 3.84. The molecule has 0 aliphatic heterocycles. The van der Waals surface area contributed by atoms with Gasteiger partial charge in [-0.15, -0.1) is 11.3 Å². The number of halogens is 1. The second kappa shape index (κ2) is 6.72. The zero-order chi connectivity index (χ0) is 14.5. The average molecular weight is 312 g/mol. The van der Waals surface area contributed by atoms with E-state index < -0.39 is 0 Å². The van der Waals surface area contributed by atoms with E-state index in [4.69, 9.17) is 21.1 Å². The minimum Gasteiger partial charge on any atom is -0.486 e. The van der Waals surface area contributed by atoms with Crippen LogP contribution in [0.5, 0.6) is 5.75 Å². The van der Waals surface area contributed by atoms with Gasteiger partial charge >= 0.3 is 5.97 Å². The molecule has 1 heterocycles. The van der Waals surface area contributed by atoms with Crippen LogP contribution in [-0.2, 0) is 11.3 Å². The van der Waals surface area contributed by atoms with Crippen LogP contribution in [0.25, 0.3) is 0 Å². The molecule has 0 unspecified atom stereocenters. The van der Waals surface area contributed by atoms with E-state index in [1.165, 1.54) is 11.3 Å². The summed E-state index contributed by atoms with van der Waals surface area (Å²) in [6, 6.07) is 7.09. The number of benzene rings is 1. The summed E-state index contributed by atoms with van der Waals surface area (Å²) < 4.78 is 10.6. The van der Waals surface area contributed by atoms with Crippen molar-refractivity contribution in [3.63, 3.8) is 0 Å². The Bertz CT molecular complexity index is 595. The average Bonchev–Trinajstić information content (AvgIpc) is 2.80. The van der Waals surface area contributed by atoms with Crippen molar-refractivity contribution >= 4 is 28.9 Å². The molecule has 2 rings (SSSR count). The molecule has 0 saturated carbocycles. The Morgan fingerprint density at radius 1 is 1.35 bits per heavy atom. The predicted molar refractivity (Wildman–Crippen MR) is 78.6 cm³/mol. The number of nitrogens with zero attached hydrogens (tertiary/aromatic N) is 1. The predicted octanol–water partition coefficient (Wildman–Crippen LogP) is 3.86. The summed E-state index contributed by atoms with van der Waals surface area (Å²) in [6.07, 6.45) is 0. The molecule has 6 heteroatoms. The highest BCUT2D eigenvalue weighted by Gasteiger charge is 2.16. The number of aromatic nitrogens is 1. The highest BCUT2D eigenvalue weighted by molar-refractivity contribution is 7.13. The smallest absolute Gasteiger partial charge is 0.350 e. The van der Waals surface area contributed by atoms with Crippen LogP contribution in [0.4, 0.5) is 0 Å². The SMILES string of the molecule is CCOC(=O)c1sc(COc2ccc(Cl)cc2)nc1C. The van der Waals surface area contributed by atoms with Crippen LogP contribution in [-0.4, -0.2) is 17.6 Å². The molecule has 0 spiro atoms. The first kappa shape index (κ1) is 14.8. The van der Waals surface area contributed by atoms with Crippen molar-refractivity contribution in [3.8, 4) is 5.75 Å². The molecule has 0 saturated heterocycles. The number of carbonyl (C=O) groups is 1. The third kappa shape index (κ3) is 3.71. The molecule has 0 bridgehead atoms. The van der Waals surface area contributed by atoms with Crippen LogP contribution in [0.15, 0.2) is 24.3 Å². The summed E-state index contributed by atoms with van der Waals surface area (Å²) in [6.45, 7) is 4.23. The second-order valence-electron chi connectivity index (χ2n) is 3.99. The molecule has 0 aliphatic rings. The van der Waals surface area contributed by atoms with Gasteiger partial charge in [-0.3, -0.25) is 0 Å². The van der Waals surface area contributed by atoms with Crippen LogP contribution >= 0.6 is 22.9 Å². The molecule has 0 fully saturated rings. The minimum atomic E-state index is -0.333. The molecule has 4 nitrogen and oxygen atoms in total. The van der Waals surface area contributed by atoms with E-state index in [1.54, 1.807) is 38.1 Å². The molecule has 20 heavy (non-hydrogen) atoms. The Balaban J connectivity index is 2.01. The van der Waals surface area contributed by atoms with Gasteiger partial charge in [-0.2, -0.15) is 0 Å². The molecule has 0 radical (unpaired) electrons. The van der Waals surface area contributed by atoms with Crippen molar-refractivity contribution in [2.75, 3.05) is 6.61 Å². The van der Waals surface area contributed by atoms with E-state index in [1.807, 2.05) is 0 Å². The molecule has 2 aromatic rings. The fourth-order valence-corrected chi connectivity index (χ4v) is 2.57. The van der Waals surface area contributed by atoms with E-state index in [0.29, 0.717) is 34.6 Å². The number of rotatable bonds is 5. The van der Waals surface area contributed by atoms with Crippen LogP contribution in [0.3, 0.4) is 0 Å². The summed E-state index contributed by atoms with van der Waals surface area (Å²) in [4.78, 5) is 16.5. The standard InChI is InChI=1S/C14H14ClNO3S/c1-3-18-14(17)13-9(2)16-12(20-13)8-19-11-6-4-10(15)5-7-11/h4-7H,3,8H2,1-2H3. The van der Waals surface area contributed by atoms with Gasteiger partial charge in [0.1, 0.15) is 22.2 Å². The zero-order valence-corrected chi connectivity index (χ0v) is 12.8. The maximum Gasteiger partial charge on any atom is 0.350 e. The van der Waals surface area contributed by atoms with E-state index in [-0.39, 0.29) is 5.97 Å². The number of hydrogen-bond donors (Lipinski definition) is 0. The van der Waals surface area contributed by atoms with Gasteiger partial charge < -0.3 is 9.47 Å². The van der Waals surface area contributed by atoms with Crippen molar-refractivity contribution in [2.45, 2.75) is 20.5 Å². The van der Waals surface area contributed by atoms with Crippen molar-refractivity contribution in [1.29, 1.82) is 0 Å². The third-order valence-electron chi connectivity index (χ3n) is 2.48. The van der Waals surface area contributed by atoms with Crippen molar-refractivity contribution in [1.82, 2.24) is 4.98 Å². The Morgan fingerprint density at radius 3 is 2.70 bits per heavy atom. The van der Waals surface area contributed by atoms with Crippen LogP contribution in [0, 0.1) is 6.92 Å². The fraction of sp³-hybridized carbons (Fsp3) is 0.286. The topological polar surface area (TPSA) is 48.4 Å². The molecule has 0 atom stereocenters. The van der Waals surface area contributed by atoms with Gasteiger partial charge in [0.05, 0.1) is 12.3 Å². The molecule has 0 N–H and O–H groups in total. The van der Waals surface area contributed by atoms with Crippen molar-refractivity contribution in [3.05, 3.63) is 44.9 Å². The van der Waals surface area contributed by atoms with E-state index in [0.717, 1.165) is 5.01 Å². The Kier molecular flexibility index (Phi) is 4.98. The van der Waals surface area contributed by atoms with Gasteiger partial charge in [0.2, 0.25) is 0 Å². The first-order chi connectivity index (χ1) is 9.60. The van der Waals surface area contributed by atoms with E-state index in [2.05, 4.69) is 4.98 Å². The Morgan fingerprint density at radius 2 is 2.05 bits per heavy atom. The fourth-order valence-electron chi connectivity index (χ4n) is 1.58. The molecular formula is C14H14ClNO3S. The van der Waals surface area contributed by atoms with Crippen molar-refractivity contribution < 1.29 is 14.3 Å². The Labute approximate surface area is 126 Å². The quantitative estimate of drug-likeness (QED) is 0.787. The lowest BCUT2D eigenvalue weighted by atomic mass is 10.3. The number of hydrogen-bond acceptors (Lipinski definition) is 5. The second-order valence-corrected chi connectivity index (χ2v) is 5.51. The van der Waals surface area contributed by atoms with Gasteiger partial charge in [0.15, 0.2) is 0 Å². The summed E-state index contributed by atoms with van der Waals surface area (Å²) in [5.41, 5.74) is 0.670. The summed E-state index contributed by atoms with van der Waals surface area (Å²) in [5.74, 6) is 0.375. The van der Waals surface area contributed by atoms with Gasteiger partial charge in [-0.05, 0) is 38.1 Å². The molecular weight excluding hydrogens is 298 g/mol. The summed E-state index contributed by atoms with van der Waals surface area (Å²) >= 11 is 7.09. The lowest BCUT2D eigenvalue weighted by Crippen LogP contribution is -2.03. The van der Waals surface area contributed by atoms with Crippen LogP contribution < -0.4 is 4.74 Å². The normalized spacial score (nSPS) is 10.3. The molecule has 0 aliphatic carbocycles.